The van der Waals surface area contributed by atoms with Gasteiger partial charge in [-0.05, 0) is 35.9 Å². The molecule has 0 aliphatic rings. The smallest absolute Gasteiger partial charge is 0.275 e. The fourth-order valence-corrected chi connectivity index (χ4v) is 2.43. The zero-order valence-electron chi connectivity index (χ0n) is 13.9. The second-order valence-corrected chi connectivity index (χ2v) is 5.71. The third-order valence-electron chi connectivity index (χ3n) is 3.52. The molecule has 2 aromatic heterocycles. The van der Waals surface area contributed by atoms with Crippen LogP contribution in [0.2, 0.25) is 5.02 Å². The Balaban J connectivity index is 1.60. The van der Waals surface area contributed by atoms with Crippen molar-refractivity contribution in [2.45, 2.75) is 6.54 Å². The minimum Gasteiger partial charge on any atom is -0.495 e. The molecule has 3 rings (SSSR count). The first-order valence-corrected chi connectivity index (χ1v) is 8.13. The first kappa shape index (κ1) is 17.6. The molecule has 0 aliphatic heterocycles. The Morgan fingerprint density at radius 3 is 2.62 bits per heavy atom. The predicted octanol–water partition coefficient (Wildman–Crippen LogP) is 3.40. The van der Waals surface area contributed by atoms with Crippen LogP contribution in [0, 0.1) is 0 Å². The van der Waals surface area contributed by atoms with Gasteiger partial charge < -0.3 is 15.4 Å². The summed E-state index contributed by atoms with van der Waals surface area (Å²) in [5, 5.41) is 6.26. The maximum Gasteiger partial charge on any atom is 0.275 e. The van der Waals surface area contributed by atoms with E-state index in [9.17, 15) is 4.79 Å². The lowest BCUT2D eigenvalue weighted by molar-refractivity contribution is 0.102. The van der Waals surface area contributed by atoms with Crippen LogP contribution in [0.4, 0.5) is 11.5 Å². The average molecular weight is 370 g/mol. The molecule has 0 bridgehead atoms. The highest BCUT2D eigenvalue weighted by Crippen LogP contribution is 2.27. The van der Waals surface area contributed by atoms with Crippen LogP contribution in [0.3, 0.4) is 0 Å². The zero-order chi connectivity index (χ0) is 18.4. The third-order valence-corrected chi connectivity index (χ3v) is 3.81. The van der Waals surface area contributed by atoms with Gasteiger partial charge in [-0.3, -0.25) is 9.78 Å². The van der Waals surface area contributed by atoms with Crippen LogP contribution in [0.25, 0.3) is 0 Å². The van der Waals surface area contributed by atoms with Crippen LogP contribution in [0.5, 0.6) is 5.75 Å². The SMILES string of the molecule is COc1ccc(NC(=O)c2cnc(NCc3ccncc3)cn2)cc1Cl. The van der Waals surface area contributed by atoms with Crippen molar-refractivity contribution in [2.24, 2.45) is 0 Å². The summed E-state index contributed by atoms with van der Waals surface area (Å²) in [5.74, 6) is 0.736. The van der Waals surface area contributed by atoms with Crippen molar-refractivity contribution >= 4 is 29.0 Å². The number of aromatic nitrogens is 3. The van der Waals surface area contributed by atoms with Crippen LogP contribution in [0.1, 0.15) is 16.1 Å². The largest absolute Gasteiger partial charge is 0.495 e. The van der Waals surface area contributed by atoms with E-state index in [4.69, 9.17) is 16.3 Å². The molecule has 0 radical (unpaired) electrons. The molecule has 2 N–H and O–H groups in total. The molecule has 8 heteroatoms. The second-order valence-electron chi connectivity index (χ2n) is 5.30. The molecule has 2 heterocycles. The zero-order valence-corrected chi connectivity index (χ0v) is 14.7. The monoisotopic (exact) mass is 369 g/mol. The number of carbonyl (C=O) groups excluding carboxylic acids is 1. The lowest BCUT2D eigenvalue weighted by atomic mass is 10.3. The average Bonchev–Trinajstić information content (AvgIpc) is 2.68. The number of pyridine rings is 1. The summed E-state index contributed by atoms with van der Waals surface area (Å²) in [4.78, 5) is 24.6. The Kier molecular flexibility index (Phi) is 5.60. The van der Waals surface area contributed by atoms with Crippen molar-refractivity contribution in [3.05, 3.63) is 71.4 Å². The van der Waals surface area contributed by atoms with E-state index in [1.807, 2.05) is 12.1 Å². The molecule has 0 atom stereocenters. The van der Waals surface area contributed by atoms with Crippen molar-refractivity contribution in [3.8, 4) is 5.75 Å². The molecular weight excluding hydrogens is 354 g/mol. The topological polar surface area (TPSA) is 89.0 Å². The Bertz CT molecular complexity index is 888. The molecule has 0 saturated carbocycles. The standard InChI is InChI=1S/C18H16ClN5O2/c1-26-16-3-2-13(8-14(16)19)24-18(25)15-10-23-17(11-21-15)22-9-12-4-6-20-7-5-12/h2-8,10-11H,9H2,1H3,(H,22,23)(H,24,25). The molecule has 3 aromatic rings. The lowest BCUT2D eigenvalue weighted by Crippen LogP contribution is -2.14. The fraction of sp³-hybridized carbons (Fsp3) is 0.111. The molecule has 1 amide bonds. The Morgan fingerprint density at radius 2 is 1.96 bits per heavy atom. The Hall–Kier alpha value is -3.19. The molecule has 0 saturated heterocycles. The molecule has 0 fully saturated rings. The van der Waals surface area contributed by atoms with Crippen LogP contribution < -0.4 is 15.4 Å². The number of halogens is 1. The van der Waals surface area contributed by atoms with Crippen molar-refractivity contribution in [2.75, 3.05) is 17.7 Å². The van der Waals surface area contributed by atoms with E-state index in [0.29, 0.717) is 28.8 Å². The van der Waals surface area contributed by atoms with Gasteiger partial charge in [-0.1, -0.05) is 11.6 Å². The van der Waals surface area contributed by atoms with E-state index in [0.717, 1.165) is 5.56 Å². The molecule has 1 aromatic carbocycles. The van der Waals surface area contributed by atoms with Crippen LogP contribution in [-0.2, 0) is 6.54 Å². The number of rotatable bonds is 6. The second kappa shape index (κ2) is 8.26. The predicted molar refractivity (Wildman–Crippen MR) is 99.6 cm³/mol. The Labute approximate surface area is 155 Å². The number of hydrogen-bond acceptors (Lipinski definition) is 6. The number of hydrogen-bond donors (Lipinski definition) is 2. The maximum absolute atomic E-state index is 12.3. The molecule has 0 aliphatic carbocycles. The number of anilines is 2. The number of nitrogens with zero attached hydrogens (tertiary/aromatic N) is 3. The van der Waals surface area contributed by atoms with Gasteiger partial charge in [0.1, 0.15) is 17.3 Å². The van der Waals surface area contributed by atoms with Gasteiger partial charge in [-0.15, -0.1) is 0 Å². The summed E-state index contributed by atoms with van der Waals surface area (Å²) >= 11 is 6.05. The first-order valence-electron chi connectivity index (χ1n) is 7.75. The van der Waals surface area contributed by atoms with Crippen molar-refractivity contribution in [1.29, 1.82) is 0 Å². The minimum atomic E-state index is -0.376. The van der Waals surface area contributed by atoms with Crippen molar-refractivity contribution < 1.29 is 9.53 Å². The summed E-state index contributed by atoms with van der Waals surface area (Å²) < 4.78 is 5.08. The Morgan fingerprint density at radius 1 is 1.15 bits per heavy atom. The van der Waals surface area contributed by atoms with Gasteiger partial charge in [0.15, 0.2) is 0 Å². The van der Waals surface area contributed by atoms with E-state index >= 15 is 0 Å². The normalized spacial score (nSPS) is 10.2. The van der Waals surface area contributed by atoms with Crippen LogP contribution in [0.15, 0.2) is 55.1 Å². The van der Waals surface area contributed by atoms with Gasteiger partial charge >= 0.3 is 0 Å². The minimum absolute atomic E-state index is 0.200. The molecule has 0 spiro atoms. The summed E-state index contributed by atoms with van der Waals surface area (Å²) in [7, 11) is 1.53. The number of ether oxygens (including phenoxy) is 1. The summed E-state index contributed by atoms with van der Waals surface area (Å²) in [6, 6.07) is 8.79. The highest BCUT2D eigenvalue weighted by atomic mass is 35.5. The first-order chi connectivity index (χ1) is 12.7. The number of benzene rings is 1. The van der Waals surface area contributed by atoms with Gasteiger partial charge in [0.2, 0.25) is 0 Å². The van der Waals surface area contributed by atoms with Gasteiger partial charge in [-0.2, -0.15) is 0 Å². The third kappa shape index (κ3) is 4.46. The molecule has 7 nitrogen and oxygen atoms in total. The highest BCUT2D eigenvalue weighted by Gasteiger charge is 2.10. The maximum atomic E-state index is 12.3. The van der Waals surface area contributed by atoms with E-state index in [1.54, 1.807) is 30.6 Å². The fourth-order valence-electron chi connectivity index (χ4n) is 2.17. The number of amides is 1. The molecular formula is C18H16ClN5O2. The van der Waals surface area contributed by atoms with Crippen LogP contribution in [-0.4, -0.2) is 28.0 Å². The van der Waals surface area contributed by atoms with Crippen molar-refractivity contribution in [3.63, 3.8) is 0 Å². The summed E-state index contributed by atoms with van der Waals surface area (Å²) in [6.07, 6.45) is 6.37. The number of nitrogens with one attached hydrogen (secondary N) is 2. The quantitative estimate of drug-likeness (QED) is 0.692. The van der Waals surface area contributed by atoms with Gasteiger partial charge in [0, 0.05) is 24.6 Å². The van der Waals surface area contributed by atoms with E-state index < -0.39 is 0 Å². The van der Waals surface area contributed by atoms with Crippen molar-refractivity contribution in [1.82, 2.24) is 15.0 Å². The van der Waals surface area contributed by atoms with E-state index in [2.05, 4.69) is 25.6 Å². The summed E-state index contributed by atoms with van der Waals surface area (Å²) in [5.41, 5.74) is 1.81. The van der Waals surface area contributed by atoms with Crippen LogP contribution >= 0.6 is 11.6 Å². The van der Waals surface area contributed by atoms with Gasteiger partial charge in [-0.25, -0.2) is 9.97 Å². The van der Waals surface area contributed by atoms with E-state index in [-0.39, 0.29) is 11.6 Å². The molecule has 132 valence electrons. The highest BCUT2D eigenvalue weighted by molar-refractivity contribution is 6.32. The molecule has 26 heavy (non-hydrogen) atoms. The molecule has 0 unspecified atom stereocenters. The van der Waals surface area contributed by atoms with E-state index in [1.165, 1.54) is 19.5 Å². The van der Waals surface area contributed by atoms with Gasteiger partial charge in [0.05, 0.1) is 24.5 Å². The lowest BCUT2D eigenvalue weighted by Gasteiger charge is -2.08. The van der Waals surface area contributed by atoms with Gasteiger partial charge in [0.25, 0.3) is 5.91 Å². The number of methoxy groups -OCH3 is 1. The number of carbonyl (C=O) groups is 1. The summed E-state index contributed by atoms with van der Waals surface area (Å²) in [6.45, 7) is 0.590.